The number of ether oxygens (including phenoxy) is 1. The van der Waals surface area contributed by atoms with Gasteiger partial charge in [-0.05, 0) is 42.2 Å². The number of rotatable bonds is 9. The predicted octanol–water partition coefficient (Wildman–Crippen LogP) is 4.93. The number of nitrogens with zero attached hydrogens (tertiary/aromatic N) is 2. The second-order valence-electron chi connectivity index (χ2n) is 6.96. The van der Waals surface area contributed by atoms with Crippen LogP contribution in [0.25, 0.3) is 0 Å². The van der Waals surface area contributed by atoms with Crippen LogP contribution in [0.4, 0.5) is 4.39 Å². The second kappa shape index (κ2) is 14.1. The molecule has 1 aliphatic heterocycles. The number of piperazine rings is 1. The largest absolute Gasteiger partial charge is 0.491 e. The third kappa shape index (κ3) is 8.69. The molecule has 0 N–H and O–H groups in total. The molecule has 0 amide bonds. The van der Waals surface area contributed by atoms with Crippen LogP contribution in [0.5, 0.6) is 5.75 Å². The van der Waals surface area contributed by atoms with Crippen LogP contribution in [0, 0.1) is 0 Å². The highest BCUT2D eigenvalue weighted by molar-refractivity contribution is 6.31. The average Bonchev–Trinajstić information content (AvgIpc) is 2.72. The first-order valence-electron chi connectivity index (χ1n) is 9.70. The van der Waals surface area contributed by atoms with Crippen molar-refractivity contribution in [1.82, 2.24) is 9.80 Å². The van der Waals surface area contributed by atoms with E-state index in [2.05, 4.69) is 34.1 Å². The van der Waals surface area contributed by atoms with E-state index >= 15 is 0 Å². The minimum atomic E-state index is -0.452. The zero-order valence-corrected chi connectivity index (χ0v) is 19.0. The number of alkyl halides is 1. The molecule has 0 aromatic heterocycles. The fourth-order valence-electron chi connectivity index (χ4n) is 3.41. The smallest absolute Gasteiger partial charge is 0.123 e. The highest BCUT2D eigenvalue weighted by Gasteiger charge is 2.16. The summed E-state index contributed by atoms with van der Waals surface area (Å²) in [7, 11) is 0. The highest BCUT2D eigenvalue weighted by atomic mass is 35.5. The summed E-state index contributed by atoms with van der Waals surface area (Å²) < 4.78 is 17.4. The zero-order valence-electron chi connectivity index (χ0n) is 16.6. The quantitative estimate of drug-likeness (QED) is 0.524. The summed E-state index contributed by atoms with van der Waals surface area (Å²) in [4.78, 5) is 5.05. The van der Waals surface area contributed by atoms with Crippen molar-refractivity contribution in [3.05, 3.63) is 64.7 Å². The van der Waals surface area contributed by atoms with E-state index in [1.165, 1.54) is 11.1 Å². The molecule has 1 saturated heterocycles. The molecular weight excluding hydrogens is 434 g/mol. The van der Waals surface area contributed by atoms with Gasteiger partial charge in [0.15, 0.2) is 0 Å². The average molecular weight is 464 g/mol. The first-order chi connectivity index (χ1) is 13.2. The topological polar surface area (TPSA) is 15.7 Å². The molecule has 0 spiro atoms. The van der Waals surface area contributed by atoms with Crippen molar-refractivity contribution in [3.63, 3.8) is 0 Å². The van der Waals surface area contributed by atoms with Crippen molar-refractivity contribution in [2.24, 2.45) is 0 Å². The van der Waals surface area contributed by atoms with Gasteiger partial charge in [-0.3, -0.25) is 0 Å². The molecule has 3 nitrogen and oxygen atoms in total. The molecule has 0 radical (unpaired) electrons. The third-order valence-electron chi connectivity index (χ3n) is 5.11. The van der Waals surface area contributed by atoms with Crippen LogP contribution in [0.2, 0.25) is 5.02 Å². The summed E-state index contributed by atoms with van der Waals surface area (Å²) in [5.41, 5.74) is 2.53. The minimum Gasteiger partial charge on any atom is -0.491 e. The molecule has 1 aliphatic rings. The Morgan fingerprint density at radius 2 is 1.41 bits per heavy atom. The lowest BCUT2D eigenvalue weighted by molar-refractivity contribution is 0.134. The number of hydrogen-bond donors (Lipinski definition) is 0. The van der Waals surface area contributed by atoms with E-state index in [0.29, 0.717) is 0 Å². The van der Waals surface area contributed by atoms with E-state index in [1.54, 1.807) is 0 Å². The molecule has 0 unspecified atom stereocenters. The van der Waals surface area contributed by atoms with Crippen LogP contribution < -0.4 is 4.74 Å². The predicted molar refractivity (Wildman–Crippen MR) is 124 cm³/mol. The highest BCUT2D eigenvalue weighted by Crippen LogP contribution is 2.16. The lowest BCUT2D eigenvalue weighted by Crippen LogP contribution is -2.47. The Labute approximate surface area is 191 Å². The maximum absolute atomic E-state index is 12.1. The van der Waals surface area contributed by atoms with Crippen molar-refractivity contribution in [2.45, 2.75) is 12.8 Å². The molecule has 1 fully saturated rings. The Bertz CT molecular complexity index is 695. The van der Waals surface area contributed by atoms with Gasteiger partial charge in [-0.1, -0.05) is 41.9 Å². The van der Waals surface area contributed by atoms with E-state index in [1.807, 2.05) is 24.3 Å². The van der Waals surface area contributed by atoms with Crippen LogP contribution in [0.15, 0.2) is 48.5 Å². The van der Waals surface area contributed by atoms with E-state index in [-0.39, 0.29) is 31.4 Å². The molecular formula is C22H30Cl3FN2O. The summed E-state index contributed by atoms with van der Waals surface area (Å²) in [6.07, 6.45) is 2.04. The SMILES string of the molecule is Cl.Cl.FCCOc1ccc(CCN2CCN(CCc3ccccc3Cl)CC2)cc1. The van der Waals surface area contributed by atoms with Gasteiger partial charge >= 0.3 is 0 Å². The molecule has 2 aromatic rings. The molecule has 1 heterocycles. The van der Waals surface area contributed by atoms with Crippen LogP contribution >= 0.6 is 36.4 Å². The summed E-state index contributed by atoms with van der Waals surface area (Å²) in [6.45, 7) is 6.26. The zero-order chi connectivity index (χ0) is 18.9. The lowest BCUT2D eigenvalue weighted by atomic mass is 10.1. The maximum atomic E-state index is 12.1. The van der Waals surface area contributed by atoms with Gasteiger partial charge in [0.05, 0.1) is 0 Å². The molecule has 0 saturated carbocycles. The minimum absolute atomic E-state index is 0. The van der Waals surface area contributed by atoms with Crippen molar-refractivity contribution in [2.75, 3.05) is 52.6 Å². The first kappa shape index (κ1) is 26.0. The number of halogens is 4. The third-order valence-corrected chi connectivity index (χ3v) is 5.47. The Hall–Kier alpha value is -1.04. The van der Waals surface area contributed by atoms with Gasteiger partial charge in [0.1, 0.15) is 19.0 Å². The van der Waals surface area contributed by atoms with E-state index in [4.69, 9.17) is 16.3 Å². The second-order valence-corrected chi connectivity index (χ2v) is 7.36. The lowest BCUT2D eigenvalue weighted by Gasteiger charge is -2.34. The summed E-state index contributed by atoms with van der Waals surface area (Å²) in [5.74, 6) is 0.739. The Morgan fingerprint density at radius 1 is 0.828 bits per heavy atom. The van der Waals surface area contributed by atoms with E-state index in [0.717, 1.165) is 62.9 Å². The molecule has 162 valence electrons. The molecule has 2 aromatic carbocycles. The van der Waals surface area contributed by atoms with Crippen LogP contribution in [-0.2, 0) is 12.8 Å². The normalized spacial score (nSPS) is 14.7. The molecule has 0 bridgehead atoms. The number of hydrogen-bond acceptors (Lipinski definition) is 3. The van der Waals surface area contributed by atoms with Crippen LogP contribution in [0.1, 0.15) is 11.1 Å². The molecule has 29 heavy (non-hydrogen) atoms. The summed E-state index contributed by atoms with van der Waals surface area (Å²) in [5, 5.41) is 0.872. The number of benzene rings is 2. The maximum Gasteiger partial charge on any atom is 0.123 e. The van der Waals surface area contributed by atoms with Gasteiger partial charge in [-0.15, -0.1) is 24.8 Å². The van der Waals surface area contributed by atoms with Crippen molar-refractivity contribution in [3.8, 4) is 5.75 Å². The standard InChI is InChI=1S/C22H28ClFN2O.2ClH/c23-22-4-2-1-3-20(22)10-13-26-16-14-25(15-17-26)12-9-19-5-7-21(8-6-19)27-18-11-24;;/h1-8H,9-18H2;2*1H. The summed E-state index contributed by atoms with van der Waals surface area (Å²) >= 11 is 6.25. The van der Waals surface area contributed by atoms with Gasteiger partial charge in [0.2, 0.25) is 0 Å². The summed E-state index contributed by atoms with van der Waals surface area (Å²) in [6, 6.07) is 16.1. The van der Waals surface area contributed by atoms with Crippen LogP contribution in [0.3, 0.4) is 0 Å². The molecule has 3 rings (SSSR count). The Kier molecular flexibility index (Phi) is 12.6. The van der Waals surface area contributed by atoms with E-state index in [9.17, 15) is 4.39 Å². The Balaban J connectivity index is 0.00000210. The van der Waals surface area contributed by atoms with Crippen molar-refractivity contribution < 1.29 is 9.13 Å². The van der Waals surface area contributed by atoms with Crippen molar-refractivity contribution >= 4 is 36.4 Å². The monoisotopic (exact) mass is 462 g/mol. The molecule has 7 heteroatoms. The molecule has 0 atom stereocenters. The van der Waals surface area contributed by atoms with Crippen molar-refractivity contribution in [1.29, 1.82) is 0 Å². The van der Waals surface area contributed by atoms with Gasteiger partial charge in [0, 0.05) is 44.3 Å². The first-order valence-corrected chi connectivity index (χ1v) is 10.1. The van der Waals surface area contributed by atoms with Gasteiger partial charge in [0.25, 0.3) is 0 Å². The van der Waals surface area contributed by atoms with Gasteiger partial charge in [-0.25, -0.2) is 4.39 Å². The van der Waals surface area contributed by atoms with E-state index < -0.39 is 6.67 Å². The van der Waals surface area contributed by atoms with Crippen LogP contribution in [-0.4, -0.2) is 62.3 Å². The van der Waals surface area contributed by atoms with Gasteiger partial charge in [-0.2, -0.15) is 0 Å². The fraction of sp³-hybridized carbons (Fsp3) is 0.455. The van der Waals surface area contributed by atoms with Gasteiger partial charge < -0.3 is 14.5 Å². The molecule has 0 aliphatic carbocycles. The fourth-order valence-corrected chi connectivity index (χ4v) is 3.64. The Morgan fingerprint density at radius 3 is 2.00 bits per heavy atom.